The second-order valence-electron chi connectivity index (χ2n) is 5.27. The highest BCUT2D eigenvalue weighted by atomic mass is 19.1. The molecule has 0 fully saturated rings. The molecule has 6 nitrogen and oxygen atoms in total. The third-order valence-electron chi connectivity index (χ3n) is 3.61. The molecule has 0 bridgehead atoms. The molecule has 0 saturated heterocycles. The molecule has 1 heterocycles. The van der Waals surface area contributed by atoms with Crippen molar-refractivity contribution in [3.8, 4) is 11.5 Å². The van der Waals surface area contributed by atoms with Gasteiger partial charge in [0.1, 0.15) is 5.70 Å². The number of rotatable bonds is 4. The Kier molecular flexibility index (Phi) is 4.29. The number of ether oxygens (including phenoxy) is 1. The molecule has 1 aliphatic heterocycles. The van der Waals surface area contributed by atoms with Crippen LogP contribution >= 0.6 is 0 Å². The fourth-order valence-electron chi connectivity index (χ4n) is 2.39. The molecule has 2 aromatic carbocycles. The highest BCUT2D eigenvalue weighted by molar-refractivity contribution is 6.31. The fourth-order valence-corrected chi connectivity index (χ4v) is 2.39. The van der Waals surface area contributed by atoms with Crippen LogP contribution in [0.2, 0.25) is 0 Å². The van der Waals surface area contributed by atoms with E-state index in [4.69, 9.17) is 9.84 Å². The van der Waals surface area contributed by atoms with Crippen LogP contribution in [0.15, 0.2) is 42.1 Å². The summed E-state index contributed by atoms with van der Waals surface area (Å²) in [5.74, 6) is -6.06. The lowest BCUT2D eigenvalue weighted by Crippen LogP contribution is -2.32. The highest BCUT2D eigenvalue weighted by Crippen LogP contribution is 2.29. The van der Waals surface area contributed by atoms with Crippen molar-refractivity contribution in [2.75, 3.05) is 17.3 Å². The molecular formula is C17H11F3N2O4. The highest BCUT2D eigenvalue weighted by Gasteiger charge is 2.33. The number of carbonyl (C=O) groups is 2. The lowest BCUT2D eigenvalue weighted by atomic mass is 10.2. The number of amides is 2. The maximum absolute atomic E-state index is 13.8. The Morgan fingerprint density at radius 3 is 2.27 bits per heavy atom. The van der Waals surface area contributed by atoms with Gasteiger partial charge in [-0.1, -0.05) is 0 Å². The summed E-state index contributed by atoms with van der Waals surface area (Å²) in [5.41, 5.74) is -0.488. The number of nitrogens with one attached hydrogen (secondary N) is 1. The third kappa shape index (κ3) is 2.94. The van der Waals surface area contributed by atoms with Crippen molar-refractivity contribution in [2.24, 2.45) is 0 Å². The number of halogens is 3. The minimum Gasteiger partial charge on any atom is -0.503 e. The van der Waals surface area contributed by atoms with Gasteiger partial charge in [0.25, 0.3) is 11.8 Å². The van der Waals surface area contributed by atoms with E-state index in [2.05, 4.69) is 5.32 Å². The molecule has 0 unspecified atom stereocenters. The smallest absolute Gasteiger partial charge is 0.281 e. The largest absolute Gasteiger partial charge is 0.503 e. The summed E-state index contributed by atoms with van der Waals surface area (Å²) in [5, 5.41) is 11.5. The first-order valence-corrected chi connectivity index (χ1v) is 7.20. The molecule has 0 spiro atoms. The average Bonchev–Trinajstić information content (AvgIpc) is 2.86. The number of carbonyl (C=O) groups excluding carboxylic acids is 2. The first-order chi connectivity index (χ1) is 12.3. The van der Waals surface area contributed by atoms with E-state index in [1.807, 2.05) is 0 Å². The maximum atomic E-state index is 13.8. The zero-order chi connectivity index (χ0) is 19.0. The lowest BCUT2D eigenvalue weighted by Gasteiger charge is -2.16. The Balaban J connectivity index is 1.87. The van der Waals surface area contributed by atoms with Gasteiger partial charge in [0.2, 0.25) is 0 Å². The lowest BCUT2D eigenvalue weighted by molar-refractivity contribution is -0.120. The molecule has 134 valence electrons. The van der Waals surface area contributed by atoms with Gasteiger partial charge in [0.05, 0.1) is 12.8 Å². The number of anilines is 2. The number of benzene rings is 2. The van der Waals surface area contributed by atoms with E-state index in [-0.39, 0.29) is 22.8 Å². The van der Waals surface area contributed by atoms with Crippen molar-refractivity contribution in [1.29, 1.82) is 0 Å². The molecule has 0 radical (unpaired) electrons. The van der Waals surface area contributed by atoms with Gasteiger partial charge in [0.15, 0.2) is 29.0 Å². The normalized spacial score (nSPS) is 13.8. The Bertz CT molecular complexity index is 936. The molecule has 0 aromatic heterocycles. The molecule has 2 N–H and O–H groups in total. The molecule has 3 rings (SSSR count). The van der Waals surface area contributed by atoms with Crippen LogP contribution in [0.4, 0.5) is 24.5 Å². The second kappa shape index (κ2) is 6.43. The average molecular weight is 364 g/mol. The summed E-state index contributed by atoms with van der Waals surface area (Å²) >= 11 is 0. The van der Waals surface area contributed by atoms with E-state index in [1.165, 1.54) is 19.2 Å². The third-order valence-corrected chi connectivity index (χ3v) is 3.61. The predicted molar refractivity (Wildman–Crippen MR) is 85.2 cm³/mol. The van der Waals surface area contributed by atoms with Crippen molar-refractivity contribution < 1.29 is 32.6 Å². The van der Waals surface area contributed by atoms with Gasteiger partial charge >= 0.3 is 0 Å². The zero-order valence-corrected chi connectivity index (χ0v) is 13.2. The molecule has 2 amide bonds. The van der Waals surface area contributed by atoms with Crippen LogP contribution < -0.4 is 15.0 Å². The minimum absolute atomic E-state index is 0.0329. The molecule has 0 aliphatic carbocycles. The van der Waals surface area contributed by atoms with Crippen LogP contribution in [0, 0.1) is 17.5 Å². The van der Waals surface area contributed by atoms with Crippen molar-refractivity contribution in [2.45, 2.75) is 0 Å². The number of nitrogens with zero attached hydrogens (tertiary/aromatic N) is 1. The van der Waals surface area contributed by atoms with Gasteiger partial charge in [-0.25, -0.2) is 18.1 Å². The number of aromatic hydroxyl groups is 1. The fraction of sp³-hybridized carbons (Fsp3) is 0.0588. The number of methoxy groups -OCH3 is 1. The van der Waals surface area contributed by atoms with Crippen molar-refractivity contribution in [1.82, 2.24) is 0 Å². The van der Waals surface area contributed by atoms with Crippen molar-refractivity contribution >= 4 is 23.2 Å². The molecular weight excluding hydrogens is 353 g/mol. The summed E-state index contributed by atoms with van der Waals surface area (Å²) in [6.45, 7) is 0. The van der Waals surface area contributed by atoms with E-state index in [0.29, 0.717) is 4.90 Å². The standard InChI is InChI=1S/C17H11F3N2O4/c1-26-14-3-2-9(6-10(14)18)22-15(23)7-13(17(22)25)21-8-4-11(19)16(24)12(20)5-8/h2-7,21,24H,1H3. The van der Waals surface area contributed by atoms with E-state index < -0.39 is 35.0 Å². The summed E-state index contributed by atoms with van der Waals surface area (Å²) in [7, 11) is 1.27. The Hall–Kier alpha value is -3.49. The summed E-state index contributed by atoms with van der Waals surface area (Å²) in [6, 6.07) is 5.03. The summed E-state index contributed by atoms with van der Waals surface area (Å²) < 4.78 is 45.3. The Morgan fingerprint density at radius 1 is 1.04 bits per heavy atom. The van der Waals surface area contributed by atoms with Crippen LogP contribution in [0.25, 0.3) is 0 Å². The van der Waals surface area contributed by atoms with Gasteiger partial charge in [-0.15, -0.1) is 0 Å². The minimum atomic E-state index is -1.24. The SMILES string of the molecule is COc1ccc(N2C(=O)C=C(Nc3cc(F)c(O)c(F)c3)C2=O)cc1F. The first-order valence-electron chi connectivity index (χ1n) is 7.20. The number of hydrogen-bond donors (Lipinski definition) is 2. The number of imide groups is 1. The molecule has 26 heavy (non-hydrogen) atoms. The molecule has 2 aromatic rings. The first kappa shape index (κ1) is 17.3. The van der Waals surface area contributed by atoms with E-state index in [9.17, 15) is 22.8 Å². The van der Waals surface area contributed by atoms with Gasteiger partial charge in [0, 0.05) is 30.0 Å². The van der Waals surface area contributed by atoms with E-state index in [0.717, 1.165) is 24.3 Å². The van der Waals surface area contributed by atoms with Crippen molar-refractivity contribution in [3.05, 3.63) is 59.6 Å². The van der Waals surface area contributed by atoms with Gasteiger partial charge < -0.3 is 15.2 Å². The topological polar surface area (TPSA) is 78.9 Å². The maximum Gasteiger partial charge on any atom is 0.281 e. The summed E-state index contributed by atoms with van der Waals surface area (Å²) in [6.07, 6.45) is 0.910. The van der Waals surface area contributed by atoms with Crippen molar-refractivity contribution in [3.63, 3.8) is 0 Å². The summed E-state index contributed by atoms with van der Waals surface area (Å²) in [4.78, 5) is 25.2. The molecule has 0 atom stereocenters. The van der Waals surface area contributed by atoms with Crippen LogP contribution in [0.5, 0.6) is 11.5 Å². The zero-order valence-electron chi connectivity index (χ0n) is 13.2. The molecule has 0 saturated carbocycles. The number of phenols is 1. The molecule has 1 aliphatic rings. The number of hydrogen-bond acceptors (Lipinski definition) is 5. The Labute approximate surface area is 145 Å². The van der Waals surface area contributed by atoms with E-state index >= 15 is 0 Å². The van der Waals surface area contributed by atoms with Gasteiger partial charge in [-0.3, -0.25) is 9.59 Å². The number of phenolic OH excluding ortho intramolecular Hbond substituents is 1. The second-order valence-corrected chi connectivity index (χ2v) is 5.27. The van der Waals surface area contributed by atoms with Gasteiger partial charge in [-0.05, 0) is 12.1 Å². The van der Waals surface area contributed by atoms with Crippen LogP contribution in [0.1, 0.15) is 0 Å². The van der Waals surface area contributed by atoms with Crippen LogP contribution in [0.3, 0.4) is 0 Å². The Morgan fingerprint density at radius 2 is 1.69 bits per heavy atom. The quantitative estimate of drug-likeness (QED) is 0.644. The van der Waals surface area contributed by atoms with Gasteiger partial charge in [-0.2, -0.15) is 0 Å². The predicted octanol–water partition coefficient (Wildman–Crippen LogP) is 2.69. The molecule has 9 heteroatoms. The van der Waals surface area contributed by atoms with Crippen LogP contribution in [-0.4, -0.2) is 24.0 Å². The van der Waals surface area contributed by atoms with Crippen LogP contribution in [-0.2, 0) is 9.59 Å². The monoisotopic (exact) mass is 364 g/mol. The van der Waals surface area contributed by atoms with E-state index in [1.54, 1.807) is 0 Å².